The molecule has 140 valence electrons. The summed E-state index contributed by atoms with van der Waals surface area (Å²) in [7, 11) is 3.09. The van der Waals surface area contributed by atoms with Crippen LogP contribution in [0.2, 0.25) is 0 Å². The SMILES string of the molecule is COc1cc(NC(=O)CCn2cnc3c(C)cccc3c2=O)cc(OC)c1. The highest BCUT2D eigenvalue weighted by molar-refractivity contribution is 5.91. The van der Waals surface area contributed by atoms with Gasteiger partial charge in [-0.3, -0.25) is 14.2 Å². The van der Waals surface area contributed by atoms with Gasteiger partial charge in [0.1, 0.15) is 11.5 Å². The fourth-order valence-electron chi connectivity index (χ4n) is 2.82. The van der Waals surface area contributed by atoms with Crippen molar-refractivity contribution in [3.8, 4) is 11.5 Å². The van der Waals surface area contributed by atoms with Crippen LogP contribution < -0.4 is 20.3 Å². The molecule has 0 aliphatic heterocycles. The lowest BCUT2D eigenvalue weighted by Gasteiger charge is -2.11. The summed E-state index contributed by atoms with van der Waals surface area (Å²) in [6.07, 6.45) is 1.62. The summed E-state index contributed by atoms with van der Waals surface area (Å²) in [5.74, 6) is 0.937. The highest BCUT2D eigenvalue weighted by Gasteiger charge is 2.09. The summed E-state index contributed by atoms with van der Waals surface area (Å²) in [6.45, 7) is 2.15. The maximum atomic E-state index is 12.6. The molecule has 1 heterocycles. The molecule has 3 aromatic rings. The molecule has 1 N–H and O–H groups in total. The molecule has 1 amide bonds. The van der Waals surface area contributed by atoms with Gasteiger partial charge in [0.05, 0.1) is 31.4 Å². The number of amides is 1. The first-order valence-electron chi connectivity index (χ1n) is 8.49. The number of aromatic nitrogens is 2. The molecular formula is C20H21N3O4. The number of nitrogens with one attached hydrogen (secondary N) is 1. The van der Waals surface area contributed by atoms with Gasteiger partial charge >= 0.3 is 0 Å². The maximum absolute atomic E-state index is 12.6. The number of nitrogens with zero attached hydrogens (tertiary/aromatic N) is 2. The van der Waals surface area contributed by atoms with Gasteiger partial charge in [0, 0.05) is 36.9 Å². The van der Waals surface area contributed by atoms with Crippen molar-refractivity contribution in [2.75, 3.05) is 19.5 Å². The molecule has 0 radical (unpaired) electrons. The number of fused-ring (bicyclic) bond motifs is 1. The third kappa shape index (κ3) is 4.08. The van der Waals surface area contributed by atoms with E-state index in [4.69, 9.17) is 9.47 Å². The molecule has 0 bridgehead atoms. The Morgan fingerprint density at radius 1 is 1.15 bits per heavy atom. The normalized spacial score (nSPS) is 10.6. The van der Waals surface area contributed by atoms with E-state index in [1.165, 1.54) is 10.9 Å². The van der Waals surface area contributed by atoms with Crippen LogP contribution in [0.1, 0.15) is 12.0 Å². The van der Waals surface area contributed by atoms with Crippen molar-refractivity contribution in [2.24, 2.45) is 0 Å². The van der Waals surface area contributed by atoms with Gasteiger partial charge in [0.25, 0.3) is 5.56 Å². The molecule has 0 saturated carbocycles. The fraction of sp³-hybridized carbons (Fsp3) is 0.250. The Hall–Kier alpha value is -3.35. The number of carbonyl (C=O) groups excluding carboxylic acids is 1. The smallest absolute Gasteiger partial charge is 0.261 e. The van der Waals surface area contributed by atoms with Crippen molar-refractivity contribution >= 4 is 22.5 Å². The monoisotopic (exact) mass is 367 g/mol. The molecule has 0 aliphatic rings. The zero-order valence-corrected chi connectivity index (χ0v) is 15.5. The molecule has 0 atom stereocenters. The Bertz CT molecular complexity index is 1020. The van der Waals surface area contributed by atoms with Gasteiger partial charge in [-0.15, -0.1) is 0 Å². The number of para-hydroxylation sites is 1. The van der Waals surface area contributed by atoms with Gasteiger partial charge in [0.15, 0.2) is 0 Å². The average Bonchev–Trinajstić information content (AvgIpc) is 2.67. The van der Waals surface area contributed by atoms with E-state index < -0.39 is 0 Å². The number of carbonyl (C=O) groups is 1. The number of methoxy groups -OCH3 is 2. The lowest BCUT2D eigenvalue weighted by Crippen LogP contribution is -2.23. The van der Waals surface area contributed by atoms with Gasteiger partial charge in [-0.05, 0) is 18.6 Å². The topological polar surface area (TPSA) is 82.5 Å². The van der Waals surface area contributed by atoms with Crippen LogP contribution in [0.4, 0.5) is 5.69 Å². The standard InChI is InChI=1S/C20H21N3O4/c1-13-5-4-6-17-19(13)21-12-23(20(17)25)8-7-18(24)22-14-9-15(26-2)11-16(10-14)27-3/h4-6,9-12H,7-8H2,1-3H3,(H,22,24). The van der Waals surface area contributed by atoms with E-state index in [9.17, 15) is 9.59 Å². The summed E-state index contributed by atoms with van der Waals surface area (Å²) in [5.41, 5.74) is 2.04. The highest BCUT2D eigenvalue weighted by Crippen LogP contribution is 2.25. The molecule has 0 fully saturated rings. The summed E-state index contributed by atoms with van der Waals surface area (Å²) < 4.78 is 11.8. The van der Waals surface area contributed by atoms with Crippen LogP contribution in [0, 0.1) is 6.92 Å². The van der Waals surface area contributed by atoms with Crippen LogP contribution in [0.15, 0.2) is 47.5 Å². The maximum Gasteiger partial charge on any atom is 0.261 e. The summed E-state index contributed by atoms with van der Waals surface area (Å²) in [4.78, 5) is 29.2. The minimum absolute atomic E-state index is 0.137. The van der Waals surface area contributed by atoms with E-state index in [1.807, 2.05) is 19.1 Å². The third-order valence-electron chi connectivity index (χ3n) is 4.27. The van der Waals surface area contributed by atoms with Crippen LogP contribution in [-0.2, 0) is 11.3 Å². The van der Waals surface area contributed by atoms with Gasteiger partial charge in [0.2, 0.25) is 5.91 Å². The molecule has 27 heavy (non-hydrogen) atoms. The zero-order valence-electron chi connectivity index (χ0n) is 15.5. The van der Waals surface area contributed by atoms with Crippen molar-refractivity contribution < 1.29 is 14.3 Å². The lowest BCUT2D eigenvalue weighted by molar-refractivity contribution is -0.116. The molecule has 7 nitrogen and oxygen atoms in total. The number of ether oxygens (including phenoxy) is 2. The van der Waals surface area contributed by atoms with Crippen molar-refractivity contribution in [3.63, 3.8) is 0 Å². The van der Waals surface area contributed by atoms with E-state index in [-0.39, 0.29) is 24.4 Å². The van der Waals surface area contributed by atoms with Crippen molar-refractivity contribution in [3.05, 3.63) is 58.6 Å². The molecule has 0 saturated heterocycles. The Labute approximate surface area is 156 Å². The first kappa shape index (κ1) is 18.4. The fourth-order valence-corrected chi connectivity index (χ4v) is 2.82. The molecule has 0 unspecified atom stereocenters. The number of aryl methyl sites for hydroxylation is 2. The van der Waals surface area contributed by atoms with Crippen molar-refractivity contribution in [1.29, 1.82) is 0 Å². The van der Waals surface area contributed by atoms with Crippen LogP contribution in [0.3, 0.4) is 0 Å². The Morgan fingerprint density at radius 2 is 1.85 bits per heavy atom. The van der Waals surface area contributed by atoms with Crippen molar-refractivity contribution in [2.45, 2.75) is 19.9 Å². The van der Waals surface area contributed by atoms with Gasteiger partial charge < -0.3 is 14.8 Å². The summed E-state index contributed by atoms with van der Waals surface area (Å²) >= 11 is 0. The van der Waals surface area contributed by atoms with E-state index in [0.29, 0.717) is 28.1 Å². The Kier molecular flexibility index (Phi) is 5.40. The predicted octanol–water partition coefficient (Wildman–Crippen LogP) is 2.75. The first-order valence-corrected chi connectivity index (χ1v) is 8.49. The second kappa shape index (κ2) is 7.90. The minimum atomic E-state index is -0.221. The highest BCUT2D eigenvalue weighted by atomic mass is 16.5. The largest absolute Gasteiger partial charge is 0.497 e. The summed E-state index contributed by atoms with van der Waals surface area (Å²) in [6, 6.07) is 10.6. The quantitative estimate of drug-likeness (QED) is 0.724. The third-order valence-corrected chi connectivity index (χ3v) is 4.27. The number of hydrogen-bond acceptors (Lipinski definition) is 5. The number of benzene rings is 2. The van der Waals surface area contributed by atoms with Crippen LogP contribution in [-0.4, -0.2) is 29.7 Å². The van der Waals surface area contributed by atoms with E-state index in [0.717, 1.165) is 5.56 Å². The Balaban J connectivity index is 1.72. The number of rotatable bonds is 6. The molecule has 1 aromatic heterocycles. The number of anilines is 1. The van der Waals surface area contributed by atoms with Gasteiger partial charge in [-0.1, -0.05) is 12.1 Å². The first-order chi connectivity index (χ1) is 13.0. The predicted molar refractivity (Wildman–Crippen MR) is 104 cm³/mol. The molecule has 3 rings (SSSR count). The van der Waals surface area contributed by atoms with E-state index in [2.05, 4.69) is 10.3 Å². The molecular weight excluding hydrogens is 346 g/mol. The Morgan fingerprint density at radius 3 is 2.52 bits per heavy atom. The molecule has 0 spiro atoms. The number of hydrogen-bond donors (Lipinski definition) is 1. The lowest BCUT2D eigenvalue weighted by atomic mass is 10.1. The second-order valence-corrected chi connectivity index (χ2v) is 6.11. The van der Waals surface area contributed by atoms with Crippen LogP contribution in [0.5, 0.6) is 11.5 Å². The van der Waals surface area contributed by atoms with E-state index in [1.54, 1.807) is 38.5 Å². The molecule has 7 heteroatoms. The van der Waals surface area contributed by atoms with Crippen LogP contribution in [0.25, 0.3) is 10.9 Å². The molecule has 0 aliphatic carbocycles. The van der Waals surface area contributed by atoms with Crippen molar-refractivity contribution in [1.82, 2.24) is 9.55 Å². The minimum Gasteiger partial charge on any atom is -0.497 e. The second-order valence-electron chi connectivity index (χ2n) is 6.11. The summed E-state index contributed by atoms with van der Waals surface area (Å²) in [5, 5.41) is 3.34. The van der Waals surface area contributed by atoms with E-state index >= 15 is 0 Å². The molecule has 2 aromatic carbocycles. The van der Waals surface area contributed by atoms with Gasteiger partial charge in [-0.25, -0.2) is 4.98 Å². The zero-order chi connectivity index (χ0) is 19.4. The average molecular weight is 367 g/mol. The van der Waals surface area contributed by atoms with Gasteiger partial charge in [-0.2, -0.15) is 0 Å². The van der Waals surface area contributed by atoms with Crippen LogP contribution >= 0.6 is 0 Å².